The molecule has 0 bridgehead atoms. The van der Waals surface area contributed by atoms with E-state index in [1.54, 1.807) is 6.08 Å². The SMILES string of the molecule is Cc1cccc2c1NC(C)C(C(=O)O)=C2. The molecule has 0 amide bonds. The largest absolute Gasteiger partial charge is 0.478 e. The van der Waals surface area contributed by atoms with Crippen molar-refractivity contribution in [2.45, 2.75) is 19.9 Å². The molecule has 0 aliphatic carbocycles. The van der Waals surface area contributed by atoms with Crippen LogP contribution in [0, 0.1) is 6.92 Å². The lowest BCUT2D eigenvalue weighted by molar-refractivity contribution is -0.132. The highest BCUT2D eigenvalue weighted by Crippen LogP contribution is 2.29. The van der Waals surface area contributed by atoms with E-state index in [1.165, 1.54) is 0 Å². The Bertz CT molecular complexity index is 449. The van der Waals surface area contributed by atoms with Gasteiger partial charge in [-0.1, -0.05) is 18.2 Å². The van der Waals surface area contributed by atoms with Gasteiger partial charge in [-0.3, -0.25) is 0 Å². The highest BCUT2D eigenvalue weighted by Gasteiger charge is 2.22. The van der Waals surface area contributed by atoms with Gasteiger partial charge >= 0.3 is 5.97 Å². The molecule has 1 aliphatic rings. The maximum Gasteiger partial charge on any atom is 0.333 e. The van der Waals surface area contributed by atoms with Gasteiger partial charge in [-0.2, -0.15) is 0 Å². The Morgan fingerprint density at radius 1 is 1.47 bits per heavy atom. The highest BCUT2D eigenvalue weighted by atomic mass is 16.4. The third kappa shape index (κ3) is 1.61. The Morgan fingerprint density at radius 2 is 2.20 bits per heavy atom. The molecule has 78 valence electrons. The molecule has 0 radical (unpaired) electrons. The summed E-state index contributed by atoms with van der Waals surface area (Å²) in [6.45, 7) is 3.87. The number of benzene rings is 1. The Morgan fingerprint density at radius 3 is 2.87 bits per heavy atom. The summed E-state index contributed by atoms with van der Waals surface area (Å²) in [5.41, 5.74) is 3.54. The third-order valence-electron chi connectivity index (χ3n) is 2.69. The molecule has 1 aromatic rings. The Labute approximate surface area is 88.4 Å². The molecule has 2 rings (SSSR count). The first kappa shape index (κ1) is 9.77. The number of anilines is 1. The number of rotatable bonds is 1. The molecule has 0 aromatic heterocycles. The minimum absolute atomic E-state index is 0.143. The lowest BCUT2D eigenvalue weighted by Crippen LogP contribution is -2.26. The lowest BCUT2D eigenvalue weighted by atomic mass is 9.96. The van der Waals surface area contributed by atoms with Crippen molar-refractivity contribution in [2.24, 2.45) is 0 Å². The first-order valence-electron chi connectivity index (χ1n) is 4.90. The third-order valence-corrected chi connectivity index (χ3v) is 2.69. The fourth-order valence-electron chi connectivity index (χ4n) is 1.84. The van der Waals surface area contributed by atoms with E-state index in [-0.39, 0.29) is 6.04 Å². The van der Waals surface area contributed by atoms with E-state index in [1.807, 2.05) is 32.0 Å². The summed E-state index contributed by atoms with van der Waals surface area (Å²) in [5, 5.41) is 12.2. The van der Waals surface area contributed by atoms with E-state index in [9.17, 15) is 4.79 Å². The minimum atomic E-state index is -0.859. The van der Waals surface area contributed by atoms with Crippen LogP contribution < -0.4 is 5.32 Å². The van der Waals surface area contributed by atoms with Gasteiger partial charge in [-0.25, -0.2) is 4.79 Å². The second-order valence-corrected chi connectivity index (χ2v) is 3.81. The first-order chi connectivity index (χ1) is 7.09. The van der Waals surface area contributed by atoms with Gasteiger partial charge in [0, 0.05) is 5.69 Å². The zero-order valence-corrected chi connectivity index (χ0v) is 8.74. The van der Waals surface area contributed by atoms with E-state index < -0.39 is 5.97 Å². The van der Waals surface area contributed by atoms with Crippen molar-refractivity contribution < 1.29 is 9.90 Å². The van der Waals surface area contributed by atoms with Crippen LogP contribution in [-0.2, 0) is 4.79 Å². The monoisotopic (exact) mass is 203 g/mol. The Kier molecular flexibility index (Phi) is 2.23. The summed E-state index contributed by atoms with van der Waals surface area (Å²) in [6.07, 6.45) is 1.74. The predicted molar refractivity (Wildman–Crippen MR) is 59.9 cm³/mol. The Hall–Kier alpha value is -1.77. The molecule has 2 N–H and O–H groups in total. The molecule has 0 saturated heterocycles. The molecule has 1 unspecified atom stereocenters. The van der Waals surface area contributed by atoms with E-state index in [4.69, 9.17) is 5.11 Å². The number of hydrogen-bond acceptors (Lipinski definition) is 2. The molecule has 1 aromatic carbocycles. The molecule has 0 spiro atoms. The van der Waals surface area contributed by atoms with Crippen LogP contribution >= 0.6 is 0 Å². The van der Waals surface area contributed by atoms with Gasteiger partial charge in [0.1, 0.15) is 0 Å². The van der Waals surface area contributed by atoms with Gasteiger partial charge in [0.25, 0.3) is 0 Å². The summed E-state index contributed by atoms with van der Waals surface area (Å²) in [7, 11) is 0. The van der Waals surface area contributed by atoms with Crippen LogP contribution in [0.3, 0.4) is 0 Å². The molecule has 0 saturated carbocycles. The fraction of sp³-hybridized carbons (Fsp3) is 0.250. The number of aliphatic carboxylic acids is 1. The number of carboxylic acid groups (broad SMARTS) is 1. The molecule has 15 heavy (non-hydrogen) atoms. The van der Waals surface area contributed by atoms with Gasteiger partial charge in [0.15, 0.2) is 0 Å². The number of carboxylic acids is 1. The normalized spacial score (nSPS) is 18.8. The van der Waals surface area contributed by atoms with Crippen LogP contribution in [-0.4, -0.2) is 17.1 Å². The molecule has 1 heterocycles. The number of fused-ring (bicyclic) bond motifs is 1. The second-order valence-electron chi connectivity index (χ2n) is 3.81. The molecule has 3 heteroatoms. The summed E-state index contributed by atoms with van der Waals surface area (Å²) in [5.74, 6) is -0.859. The van der Waals surface area contributed by atoms with Gasteiger partial charge < -0.3 is 10.4 Å². The predicted octanol–water partition coefficient (Wildman–Crippen LogP) is 2.28. The van der Waals surface area contributed by atoms with Crippen molar-refractivity contribution in [1.82, 2.24) is 0 Å². The van der Waals surface area contributed by atoms with Crippen molar-refractivity contribution in [1.29, 1.82) is 0 Å². The molecule has 0 fully saturated rings. The zero-order chi connectivity index (χ0) is 11.0. The standard InChI is InChI=1S/C12H13NO2/c1-7-4-3-5-9-6-10(12(14)15)8(2)13-11(7)9/h3-6,8,13H,1-2H3,(H,14,15). The summed E-state index contributed by atoms with van der Waals surface area (Å²) in [6, 6.07) is 5.72. The zero-order valence-electron chi connectivity index (χ0n) is 8.74. The van der Waals surface area contributed by atoms with Gasteiger partial charge in [-0.15, -0.1) is 0 Å². The van der Waals surface area contributed by atoms with Crippen LogP contribution in [0.15, 0.2) is 23.8 Å². The molecule has 3 nitrogen and oxygen atoms in total. The topological polar surface area (TPSA) is 49.3 Å². The number of para-hydroxylation sites is 1. The van der Waals surface area contributed by atoms with E-state index in [0.29, 0.717) is 5.57 Å². The van der Waals surface area contributed by atoms with E-state index in [2.05, 4.69) is 5.32 Å². The minimum Gasteiger partial charge on any atom is -0.478 e. The maximum absolute atomic E-state index is 11.0. The lowest BCUT2D eigenvalue weighted by Gasteiger charge is -2.24. The van der Waals surface area contributed by atoms with Gasteiger partial charge in [-0.05, 0) is 31.1 Å². The van der Waals surface area contributed by atoms with Crippen LogP contribution in [0.5, 0.6) is 0 Å². The first-order valence-corrected chi connectivity index (χ1v) is 4.90. The van der Waals surface area contributed by atoms with Crippen molar-refractivity contribution in [3.8, 4) is 0 Å². The smallest absolute Gasteiger partial charge is 0.333 e. The van der Waals surface area contributed by atoms with Crippen molar-refractivity contribution in [3.05, 3.63) is 34.9 Å². The van der Waals surface area contributed by atoms with Gasteiger partial charge in [0.2, 0.25) is 0 Å². The average Bonchev–Trinajstić information content (AvgIpc) is 2.18. The molecule has 1 aliphatic heterocycles. The van der Waals surface area contributed by atoms with Crippen LogP contribution in [0.1, 0.15) is 18.1 Å². The summed E-state index contributed by atoms with van der Waals surface area (Å²) < 4.78 is 0. The van der Waals surface area contributed by atoms with Crippen molar-refractivity contribution >= 4 is 17.7 Å². The number of aryl methyl sites for hydroxylation is 1. The highest BCUT2D eigenvalue weighted by molar-refractivity contribution is 5.97. The van der Waals surface area contributed by atoms with Crippen molar-refractivity contribution in [2.75, 3.05) is 5.32 Å². The quantitative estimate of drug-likeness (QED) is 0.736. The van der Waals surface area contributed by atoms with E-state index >= 15 is 0 Å². The molecular formula is C12H13NO2. The summed E-state index contributed by atoms with van der Waals surface area (Å²) in [4.78, 5) is 11.0. The van der Waals surface area contributed by atoms with Crippen LogP contribution in [0.4, 0.5) is 5.69 Å². The van der Waals surface area contributed by atoms with E-state index in [0.717, 1.165) is 16.8 Å². The van der Waals surface area contributed by atoms with Gasteiger partial charge in [0.05, 0.1) is 11.6 Å². The van der Waals surface area contributed by atoms with Crippen molar-refractivity contribution in [3.63, 3.8) is 0 Å². The fourth-order valence-corrected chi connectivity index (χ4v) is 1.84. The number of hydrogen-bond donors (Lipinski definition) is 2. The number of carbonyl (C=O) groups is 1. The maximum atomic E-state index is 11.0. The van der Waals surface area contributed by atoms with Crippen LogP contribution in [0.25, 0.3) is 6.08 Å². The molecular weight excluding hydrogens is 190 g/mol. The summed E-state index contributed by atoms with van der Waals surface area (Å²) >= 11 is 0. The second kappa shape index (κ2) is 3.42. The average molecular weight is 203 g/mol. The number of nitrogens with one attached hydrogen (secondary N) is 1. The van der Waals surface area contributed by atoms with Crippen LogP contribution in [0.2, 0.25) is 0 Å². The molecule has 1 atom stereocenters. The Balaban J connectivity index is 2.55.